The molecule has 0 N–H and O–H groups in total. The number of rotatable bonds is 5. The van der Waals surface area contributed by atoms with E-state index in [2.05, 4.69) is 80.3 Å². The predicted octanol–water partition coefficient (Wildman–Crippen LogP) is 5.45. The highest BCUT2D eigenvalue weighted by Gasteiger charge is 2.34. The summed E-state index contributed by atoms with van der Waals surface area (Å²) in [7, 11) is 2.07. The summed E-state index contributed by atoms with van der Waals surface area (Å²) in [6, 6.07) is 16.7. The first-order chi connectivity index (χ1) is 14.8. The van der Waals surface area contributed by atoms with Crippen molar-refractivity contribution in [2.24, 2.45) is 24.8 Å². The average molecular weight is 420 g/mol. The van der Waals surface area contributed by atoms with Gasteiger partial charge in [-0.15, -0.1) is 0 Å². The lowest BCUT2D eigenvalue weighted by Crippen LogP contribution is -2.37. The predicted molar refractivity (Wildman–Crippen MR) is 125 cm³/mol. The van der Waals surface area contributed by atoms with Crippen molar-refractivity contribution in [1.29, 1.82) is 0 Å². The number of imidazole rings is 1. The summed E-state index contributed by atoms with van der Waals surface area (Å²) in [5.41, 5.74) is 4.48. The third-order valence-corrected chi connectivity index (χ3v) is 6.95. The van der Waals surface area contributed by atoms with Gasteiger partial charge in [-0.3, -0.25) is 0 Å². The fourth-order valence-corrected chi connectivity index (χ4v) is 5.18. The molecule has 1 heterocycles. The lowest BCUT2D eigenvalue weighted by Gasteiger charge is -2.36. The molecule has 0 unspecified atom stereocenters. The van der Waals surface area contributed by atoms with Crippen molar-refractivity contribution in [3.8, 4) is 11.4 Å². The number of hydrogen-bond acceptors (Lipinski definition) is 2. The van der Waals surface area contributed by atoms with Crippen LogP contribution in [0.15, 0.2) is 48.5 Å². The normalized spacial score (nSPS) is 21.5. The van der Waals surface area contributed by atoms with E-state index in [-0.39, 0.29) is 18.6 Å². The molecular formula is C27H35N2O2+. The largest absolute Gasteiger partial charge is 0.459 e. The Kier molecular flexibility index (Phi) is 6.17. The molecule has 2 aromatic carbocycles. The maximum absolute atomic E-state index is 13.2. The summed E-state index contributed by atoms with van der Waals surface area (Å²) in [6.07, 6.45) is 3.37. The van der Waals surface area contributed by atoms with Crippen LogP contribution in [-0.2, 0) is 23.1 Å². The zero-order chi connectivity index (χ0) is 22.1. The van der Waals surface area contributed by atoms with E-state index in [1.165, 1.54) is 12.0 Å². The zero-order valence-electron chi connectivity index (χ0n) is 19.5. The molecule has 0 spiro atoms. The molecule has 1 aliphatic carbocycles. The smallest absolute Gasteiger partial charge is 0.348 e. The van der Waals surface area contributed by atoms with Crippen molar-refractivity contribution in [2.75, 3.05) is 0 Å². The van der Waals surface area contributed by atoms with Crippen molar-refractivity contribution in [1.82, 2.24) is 4.57 Å². The SMILES string of the molecule is Cc1ccc(-c2n(CC(=O)O[C@@H]3C[C@@H](C)CC[C@H]3C(C)C)c3ccccc3[n+]2C)cc1. The molecule has 1 aliphatic rings. The van der Waals surface area contributed by atoms with Gasteiger partial charge >= 0.3 is 5.97 Å². The summed E-state index contributed by atoms with van der Waals surface area (Å²) in [4.78, 5) is 13.2. The Morgan fingerprint density at radius 1 is 1.13 bits per heavy atom. The first-order valence-corrected chi connectivity index (χ1v) is 11.6. The Morgan fingerprint density at radius 2 is 1.84 bits per heavy atom. The zero-order valence-corrected chi connectivity index (χ0v) is 19.5. The standard InChI is InChI=1S/C27H35N2O2/c1-18(2)22-15-12-20(4)16-25(22)31-26(30)17-29-24-9-7-6-8-23(24)28(5)27(29)21-13-10-19(3)11-14-21/h6-11,13-14,18,20,22,25H,12,15-17H2,1-5H3/q+1/t20-,22-,25+/m0/s1. The topological polar surface area (TPSA) is 35.1 Å². The van der Waals surface area contributed by atoms with Gasteiger partial charge in [0.1, 0.15) is 6.10 Å². The van der Waals surface area contributed by atoms with E-state index in [4.69, 9.17) is 4.74 Å². The fraction of sp³-hybridized carbons (Fsp3) is 0.481. The lowest BCUT2D eigenvalue weighted by molar-refractivity contribution is -0.634. The van der Waals surface area contributed by atoms with Crippen molar-refractivity contribution in [3.63, 3.8) is 0 Å². The van der Waals surface area contributed by atoms with Crippen LogP contribution in [0.3, 0.4) is 0 Å². The van der Waals surface area contributed by atoms with Crippen LogP contribution in [0.4, 0.5) is 0 Å². The molecule has 0 bridgehead atoms. The van der Waals surface area contributed by atoms with Gasteiger partial charge in [-0.2, -0.15) is 0 Å². The number of esters is 1. The van der Waals surface area contributed by atoms with Crippen LogP contribution < -0.4 is 4.57 Å². The Morgan fingerprint density at radius 3 is 2.55 bits per heavy atom. The summed E-state index contributed by atoms with van der Waals surface area (Å²) in [5, 5.41) is 0. The highest BCUT2D eigenvalue weighted by molar-refractivity contribution is 5.79. The molecular weight excluding hydrogens is 384 g/mol. The summed E-state index contributed by atoms with van der Waals surface area (Å²) >= 11 is 0. The molecule has 164 valence electrons. The molecule has 3 atom stereocenters. The maximum Gasteiger partial charge on any atom is 0.348 e. The first-order valence-electron chi connectivity index (χ1n) is 11.6. The van der Waals surface area contributed by atoms with Gasteiger partial charge < -0.3 is 4.74 Å². The van der Waals surface area contributed by atoms with Crippen molar-refractivity contribution in [3.05, 3.63) is 54.1 Å². The molecule has 1 saturated carbocycles. The Labute approximate surface area is 185 Å². The van der Waals surface area contributed by atoms with Gasteiger partial charge in [0, 0.05) is 0 Å². The minimum atomic E-state index is -0.139. The van der Waals surface area contributed by atoms with Gasteiger partial charge in [0.2, 0.25) is 0 Å². The van der Waals surface area contributed by atoms with Gasteiger partial charge in [-0.25, -0.2) is 13.9 Å². The van der Waals surface area contributed by atoms with Gasteiger partial charge in [-0.1, -0.05) is 57.0 Å². The number of para-hydroxylation sites is 2. The number of carbonyl (C=O) groups excluding carboxylic acids is 1. The molecule has 0 amide bonds. The van der Waals surface area contributed by atoms with E-state index >= 15 is 0 Å². The molecule has 0 saturated heterocycles. The minimum absolute atomic E-state index is 0.0228. The van der Waals surface area contributed by atoms with Gasteiger partial charge in [0.25, 0.3) is 5.82 Å². The van der Waals surface area contributed by atoms with Crippen LogP contribution in [0.1, 0.15) is 45.6 Å². The molecule has 4 heteroatoms. The number of benzene rings is 2. The molecule has 3 aromatic rings. The molecule has 0 radical (unpaired) electrons. The number of nitrogens with zero attached hydrogens (tertiary/aromatic N) is 2. The summed E-state index contributed by atoms with van der Waals surface area (Å²) < 4.78 is 10.4. The van der Waals surface area contributed by atoms with Crippen LogP contribution in [0.25, 0.3) is 22.4 Å². The second-order valence-corrected chi connectivity index (χ2v) is 9.68. The van der Waals surface area contributed by atoms with Crippen LogP contribution in [0, 0.1) is 24.7 Å². The van der Waals surface area contributed by atoms with E-state index < -0.39 is 0 Å². The summed E-state index contributed by atoms with van der Waals surface area (Å²) in [6.45, 7) is 9.08. The Balaban J connectivity index is 1.67. The number of carbonyl (C=O) groups is 1. The molecule has 0 aliphatic heterocycles. The van der Waals surface area contributed by atoms with Crippen LogP contribution in [0.2, 0.25) is 0 Å². The number of aryl methyl sites for hydroxylation is 2. The van der Waals surface area contributed by atoms with Crippen molar-refractivity contribution in [2.45, 2.75) is 59.6 Å². The lowest BCUT2D eigenvalue weighted by atomic mass is 9.75. The van der Waals surface area contributed by atoms with Gasteiger partial charge in [0.05, 0.1) is 12.6 Å². The second kappa shape index (κ2) is 8.86. The van der Waals surface area contributed by atoms with E-state index in [1.54, 1.807) is 0 Å². The molecule has 1 aromatic heterocycles. The first kappa shape index (κ1) is 21.6. The fourth-order valence-electron chi connectivity index (χ4n) is 5.18. The third-order valence-electron chi connectivity index (χ3n) is 6.95. The number of aromatic nitrogens is 2. The number of hydrogen-bond donors (Lipinski definition) is 0. The Hall–Kier alpha value is -2.62. The average Bonchev–Trinajstić information content (AvgIpc) is 3.00. The van der Waals surface area contributed by atoms with E-state index in [0.29, 0.717) is 17.8 Å². The monoisotopic (exact) mass is 419 g/mol. The highest BCUT2D eigenvalue weighted by Crippen LogP contribution is 2.35. The van der Waals surface area contributed by atoms with Crippen molar-refractivity contribution < 1.29 is 14.1 Å². The molecule has 4 rings (SSSR count). The molecule has 4 nitrogen and oxygen atoms in total. The number of fused-ring (bicyclic) bond motifs is 1. The van der Waals surface area contributed by atoms with E-state index in [0.717, 1.165) is 35.3 Å². The maximum atomic E-state index is 13.2. The van der Waals surface area contributed by atoms with E-state index in [1.807, 2.05) is 12.1 Å². The molecule has 1 fully saturated rings. The minimum Gasteiger partial charge on any atom is -0.459 e. The molecule has 31 heavy (non-hydrogen) atoms. The third kappa shape index (κ3) is 4.39. The summed E-state index contributed by atoms with van der Waals surface area (Å²) in [5.74, 6) is 2.48. The van der Waals surface area contributed by atoms with Crippen LogP contribution in [-0.4, -0.2) is 16.6 Å². The second-order valence-electron chi connectivity index (χ2n) is 9.68. The number of ether oxygens (including phenoxy) is 1. The van der Waals surface area contributed by atoms with Crippen LogP contribution >= 0.6 is 0 Å². The van der Waals surface area contributed by atoms with Gasteiger partial charge in [0.15, 0.2) is 17.6 Å². The van der Waals surface area contributed by atoms with Gasteiger partial charge in [-0.05, 0) is 61.8 Å². The Bertz CT molecular complexity index is 1060. The highest BCUT2D eigenvalue weighted by atomic mass is 16.5. The van der Waals surface area contributed by atoms with Crippen molar-refractivity contribution >= 4 is 17.0 Å². The van der Waals surface area contributed by atoms with E-state index in [9.17, 15) is 4.79 Å². The van der Waals surface area contributed by atoms with Crippen LogP contribution in [0.5, 0.6) is 0 Å². The quantitative estimate of drug-likeness (QED) is 0.407.